The molecule has 1 N–H and O–H groups in total. The van der Waals surface area contributed by atoms with Crippen LogP contribution in [-0.2, 0) is 14.6 Å². The molecule has 0 spiro atoms. The zero-order chi connectivity index (χ0) is 16.2. The van der Waals surface area contributed by atoms with Gasteiger partial charge in [-0.05, 0) is 42.5 Å². The van der Waals surface area contributed by atoms with Gasteiger partial charge in [-0.1, -0.05) is 23.6 Å². The maximum Gasteiger partial charge on any atom is 0.239 e. The fourth-order valence-corrected chi connectivity index (χ4v) is 3.04. The quantitative estimate of drug-likeness (QED) is 0.875. The SMILES string of the molecule is C#Cc1cccc(NC(=O)CS(=O)(=O)c2ccc(Cl)cc2)c1. The second-order valence-corrected chi connectivity index (χ2v) is 6.91. The van der Waals surface area contributed by atoms with E-state index in [2.05, 4.69) is 11.2 Å². The lowest BCUT2D eigenvalue weighted by Crippen LogP contribution is -2.23. The maximum absolute atomic E-state index is 12.1. The Hall–Kier alpha value is -2.29. The van der Waals surface area contributed by atoms with E-state index in [1.807, 2.05) is 0 Å². The highest BCUT2D eigenvalue weighted by molar-refractivity contribution is 7.92. The summed E-state index contributed by atoms with van der Waals surface area (Å²) in [5, 5.41) is 2.94. The number of carbonyl (C=O) groups is 1. The molecule has 1 amide bonds. The monoisotopic (exact) mass is 333 g/mol. The van der Waals surface area contributed by atoms with Crippen molar-refractivity contribution >= 4 is 33.0 Å². The number of benzene rings is 2. The highest BCUT2D eigenvalue weighted by atomic mass is 35.5. The first kappa shape index (κ1) is 16.1. The highest BCUT2D eigenvalue weighted by Gasteiger charge is 2.19. The number of anilines is 1. The van der Waals surface area contributed by atoms with Gasteiger partial charge < -0.3 is 5.32 Å². The molecule has 0 fully saturated rings. The van der Waals surface area contributed by atoms with Crippen LogP contribution in [0, 0.1) is 12.3 Å². The normalized spacial score (nSPS) is 10.7. The van der Waals surface area contributed by atoms with Crippen molar-refractivity contribution in [3.05, 3.63) is 59.1 Å². The molecule has 0 atom stereocenters. The first-order valence-corrected chi connectivity index (χ1v) is 8.28. The van der Waals surface area contributed by atoms with Crippen molar-refractivity contribution in [2.75, 3.05) is 11.1 Å². The molecule has 0 aliphatic carbocycles. The number of hydrogen-bond donors (Lipinski definition) is 1. The van der Waals surface area contributed by atoms with Crippen molar-refractivity contribution in [2.45, 2.75) is 4.90 Å². The number of carbonyl (C=O) groups excluding carboxylic acids is 1. The van der Waals surface area contributed by atoms with Crippen LogP contribution in [0.5, 0.6) is 0 Å². The smallest absolute Gasteiger partial charge is 0.239 e. The Morgan fingerprint density at radius 1 is 1.18 bits per heavy atom. The number of amides is 1. The molecule has 0 unspecified atom stereocenters. The van der Waals surface area contributed by atoms with E-state index in [0.29, 0.717) is 16.3 Å². The minimum Gasteiger partial charge on any atom is -0.325 e. The van der Waals surface area contributed by atoms with Crippen LogP contribution in [0.2, 0.25) is 5.02 Å². The first-order valence-electron chi connectivity index (χ1n) is 6.25. The summed E-state index contributed by atoms with van der Waals surface area (Å²) in [6.45, 7) is 0. The molecule has 4 nitrogen and oxygen atoms in total. The summed E-state index contributed by atoms with van der Waals surface area (Å²) in [7, 11) is -3.72. The summed E-state index contributed by atoms with van der Waals surface area (Å²) >= 11 is 5.71. The minimum absolute atomic E-state index is 0.0458. The summed E-state index contributed by atoms with van der Waals surface area (Å²) < 4.78 is 24.3. The van der Waals surface area contributed by atoms with Gasteiger partial charge in [0.2, 0.25) is 5.91 Å². The van der Waals surface area contributed by atoms with Crippen molar-refractivity contribution in [2.24, 2.45) is 0 Å². The van der Waals surface area contributed by atoms with Crippen molar-refractivity contribution in [3.8, 4) is 12.3 Å². The molecule has 0 aliphatic rings. The Balaban J connectivity index is 2.11. The maximum atomic E-state index is 12.1. The van der Waals surface area contributed by atoms with Gasteiger partial charge in [-0.2, -0.15) is 0 Å². The fourth-order valence-electron chi connectivity index (χ4n) is 1.78. The van der Waals surface area contributed by atoms with E-state index in [1.165, 1.54) is 24.3 Å². The van der Waals surface area contributed by atoms with Crippen molar-refractivity contribution in [1.82, 2.24) is 0 Å². The summed E-state index contributed by atoms with van der Waals surface area (Å²) in [5.41, 5.74) is 1.05. The molecule has 6 heteroatoms. The second-order valence-electron chi connectivity index (χ2n) is 4.49. The third-order valence-corrected chi connectivity index (χ3v) is 4.69. The van der Waals surface area contributed by atoms with Crippen LogP contribution < -0.4 is 5.32 Å². The topological polar surface area (TPSA) is 63.2 Å². The predicted molar refractivity (Wildman–Crippen MR) is 86.5 cm³/mol. The van der Waals surface area contributed by atoms with E-state index in [-0.39, 0.29) is 4.90 Å². The minimum atomic E-state index is -3.72. The number of terminal acetylenes is 1. The Bertz CT molecular complexity index is 836. The molecule has 0 radical (unpaired) electrons. The standard InChI is InChI=1S/C16H12ClNO3S/c1-2-12-4-3-5-14(10-12)18-16(19)11-22(20,21)15-8-6-13(17)7-9-15/h1,3-10H,11H2,(H,18,19). The molecular weight excluding hydrogens is 322 g/mol. The lowest BCUT2D eigenvalue weighted by molar-refractivity contribution is -0.113. The Morgan fingerprint density at radius 2 is 1.86 bits per heavy atom. The third kappa shape index (κ3) is 4.10. The number of halogens is 1. The van der Waals surface area contributed by atoms with Crippen LogP contribution in [-0.4, -0.2) is 20.1 Å². The molecule has 112 valence electrons. The zero-order valence-electron chi connectivity index (χ0n) is 11.4. The summed E-state index contributed by atoms with van der Waals surface area (Å²) in [4.78, 5) is 11.9. The van der Waals surface area contributed by atoms with Crippen LogP contribution in [0.4, 0.5) is 5.69 Å². The zero-order valence-corrected chi connectivity index (χ0v) is 13.0. The van der Waals surface area contributed by atoms with Crippen molar-refractivity contribution < 1.29 is 13.2 Å². The second kappa shape index (κ2) is 6.65. The number of sulfone groups is 1. The van der Waals surface area contributed by atoms with Gasteiger partial charge in [0, 0.05) is 16.3 Å². The third-order valence-electron chi connectivity index (χ3n) is 2.81. The Morgan fingerprint density at radius 3 is 2.50 bits per heavy atom. The molecule has 2 aromatic carbocycles. The van der Waals surface area contributed by atoms with Crippen LogP contribution in [0.1, 0.15) is 5.56 Å². The van der Waals surface area contributed by atoms with Crippen molar-refractivity contribution in [3.63, 3.8) is 0 Å². The average Bonchev–Trinajstić information content (AvgIpc) is 2.47. The fraction of sp³-hybridized carbons (Fsp3) is 0.0625. The van der Waals surface area contributed by atoms with E-state index in [0.717, 1.165) is 0 Å². The molecule has 0 aliphatic heterocycles. The van der Waals surface area contributed by atoms with Gasteiger partial charge in [0.05, 0.1) is 4.90 Å². The molecule has 0 bridgehead atoms. The number of rotatable bonds is 4. The first-order chi connectivity index (χ1) is 10.4. The molecule has 0 heterocycles. The Kier molecular flexibility index (Phi) is 4.86. The summed E-state index contributed by atoms with van der Waals surface area (Å²) in [5.74, 6) is 1.15. The molecule has 2 aromatic rings. The van der Waals surface area contributed by atoms with Crippen LogP contribution in [0.3, 0.4) is 0 Å². The average molecular weight is 334 g/mol. The van der Waals surface area contributed by atoms with Gasteiger partial charge in [-0.3, -0.25) is 4.79 Å². The number of hydrogen-bond acceptors (Lipinski definition) is 3. The van der Waals surface area contributed by atoms with Gasteiger partial charge in [-0.25, -0.2) is 8.42 Å². The molecular formula is C16H12ClNO3S. The van der Waals surface area contributed by atoms with Crippen molar-refractivity contribution in [1.29, 1.82) is 0 Å². The largest absolute Gasteiger partial charge is 0.325 e. The van der Waals surface area contributed by atoms with Gasteiger partial charge in [0.25, 0.3) is 0 Å². The predicted octanol–water partition coefficient (Wildman–Crippen LogP) is 2.73. The van der Waals surface area contributed by atoms with Crippen LogP contribution in [0.25, 0.3) is 0 Å². The lowest BCUT2D eigenvalue weighted by atomic mass is 10.2. The Labute approximate surface area is 134 Å². The summed E-state index contributed by atoms with van der Waals surface area (Å²) in [6, 6.07) is 12.3. The van der Waals surface area contributed by atoms with E-state index in [4.69, 9.17) is 18.0 Å². The molecule has 0 saturated carbocycles. The van der Waals surface area contributed by atoms with Gasteiger partial charge in [0.15, 0.2) is 9.84 Å². The van der Waals surface area contributed by atoms with Crippen LogP contribution in [0.15, 0.2) is 53.4 Å². The highest BCUT2D eigenvalue weighted by Crippen LogP contribution is 2.16. The lowest BCUT2D eigenvalue weighted by Gasteiger charge is -2.07. The van der Waals surface area contributed by atoms with E-state index < -0.39 is 21.5 Å². The molecule has 22 heavy (non-hydrogen) atoms. The molecule has 0 saturated heterocycles. The van der Waals surface area contributed by atoms with E-state index in [1.54, 1.807) is 24.3 Å². The van der Waals surface area contributed by atoms with Crippen LogP contribution >= 0.6 is 11.6 Å². The van der Waals surface area contributed by atoms with Gasteiger partial charge in [-0.15, -0.1) is 6.42 Å². The van der Waals surface area contributed by atoms with Gasteiger partial charge in [0.1, 0.15) is 5.75 Å². The molecule has 2 rings (SSSR count). The van der Waals surface area contributed by atoms with E-state index >= 15 is 0 Å². The number of nitrogens with one attached hydrogen (secondary N) is 1. The van der Waals surface area contributed by atoms with Gasteiger partial charge >= 0.3 is 0 Å². The van der Waals surface area contributed by atoms with E-state index in [9.17, 15) is 13.2 Å². The summed E-state index contributed by atoms with van der Waals surface area (Å²) in [6.07, 6.45) is 5.27. The molecule has 0 aromatic heterocycles.